The van der Waals surface area contributed by atoms with Crippen LogP contribution < -0.4 is 5.43 Å². The molecular formula is C10H18N4. The molecule has 0 unspecified atom stereocenters. The van der Waals surface area contributed by atoms with Gasteiger partial charge in [0.15, 0.2) is 0 Å². The molecule has 14 heavy (non-hydrogen) atoms. The summed E-state index contributed by atoms with van der Waals surface area (Å²) in [4.78, 5) is 2.30. The van der Waals surface area contributed by atoms with Gasteiger partial charge in [0.25, 0.3) is 0 Å². The van der Waals surface area contributed by atoms with Crippen molar-refractivity contribution in [1.29, 1.82) is 5.26 Å². The van der Waals surface area contributed by atoms with E-state index in [0.717, 1.165) is 25.9 Å². The Morgan fingerprint density at radius 1 is 1.57 bits per heavy atom. The monoisotopic (exact) mass is 194 g/mol. The van der Waals surface area contributed by atoms with Gasteiger partial charge >= 0.3 is 0 Å². The minimum Gasteiger partial charge on any atom is -0.306 e. The number of rotatable bonds is 3. The molecule has 78 valence electrons. The first kappa shape index (κ1) is 11.0. The molecule has 1 heterocycles. The van der Waals surface area contributed by atoms with Gasteiger partial charge in [-0.15, -0.1) is 0 Å². The fourth-order valence-corrected chi connectivity index (χ4v) is 1.37. The maximum Gasteiger partial charge on any atom is 0.0643 e. The highest BCUT2D eigenvalue weighted by atomic mass is 15.3. The van der Waals surface area contributed by atoms with E-state index >= 15 is 0 Å². The molecule has 4 heteroatoms. The molecule has 1 fully saturated rings. The van der Waals surface area contributed by atoms with Gasteiger partial charge in [-0.3, -0.25) is 0 Å². The molecule has 0 amide bonds. The number of hydrazone groups is 1. The summed E-state index contributed by atoms with van der Waals surface area (Å²) in [5.41, 5.74) is 4.24. The Bertz CT molecular complexity index is 231. The Balaban J connectivity index is 2.28. The van der Waals surface area contributed by atoms with Crippen LogP contribution in [0.15, 0.2) is 5.10 Å². The fourth-order valence-electron chi connectivity index (χ4n) is 1.37. The van der Waals surface area contributed by atoms with Crippen LogP contribution in [0, 0.1) is 11.3 Å². The Hall–Kier alpha value is -1.08. The first-order valence-corrected chi connectivity index (χ1v) is 5.09. The number of nitrogens with one attached hydrogen (secondary N) is 1. The summed E-state index contributed by atoms with van der Waals surface area (Å²) in [5, 5.41) is 12.8. The molecule has 1 aliphatic rings. The minimum absolute atomic E-state index is 0.159. The van der Waals surface area contributed by atoms with Crippen molar-refractivity contribution in [2.24, 2.45) is 5.10 Å². The van der Waals surface area contributed by atoms with Crippen molar-refractivity contribution in [3.8, 4) is 6.07 Å². The Morgan fingerprint density at radius 3 is 2.79 bits per heavy atom. The zero-order valence-corrected chi connectivity index (χ0v) is 8.95. The largest absolute Gasteiger partial charge is 0.306 e. The van der Waals surface area contributed by atoms with Crippen LogP contribution in [0.25, 0.3) is 0 Å². The normalized spacial score (nSPS) is 19.9. The highest BCUT2D eigenvalue weighted by Gasteiger charge is 2.11. The lowest BCUT2D eigenvalue weighted by Crippen LogP contribution is -2.32. The number of nitrogens with zero attached hydrogens (tertiary/aromatic N) is 3. The van der Waals surface area contributed by atoms with Gasteiger partial charge in [0.05, 0.1) is 18.5 Å². The van der Waals surface area contributed by atoms with Crippen LogP contribution in [-0.4, -0.2) is 36.8 Å². The molecule has 1 rings (SSSR count). The second kappa shape index (κ2) is 5.61. The predicted octanol–water partition coefficient (Wildman–Crippen LogP) is 0.960. The van der Waals surface area contributed by atoms with E-state index in [1.54, 1.807) is 0 Å². The van der Waals surface area contributed by atoms with Crippen LogP contribution in [0.1, 0.15) is 26.2 Å². The molecule has 0 aliphatic carbocycles. The maximum absolute atomic E-state index is 8.46. The van der Waals surface area contributed by atoms with Gasteiger partial charge in [-0.1, -0.05) is 0 Å². The maximum atomic E-state index is 8.46. The van der Waals surface area contributed by atoms with Crippen molar-refractivity contribution in [2.75, 3.05) is 20.1 Å². The van der Waals surface area contributed by atoms with Gasteiger partial charge in [0.1, 0.15) is 0 Å². The van der Waals surface area contributed by atoms with Gasteiger partial charge < -0.3 is 10.3 Å². The van der Waals surface area contributed by atoms with Gasteiger partial charge in [-0.25, -0.2) is 0 Å². The summed E-state index contributed by atoms with van der Waals surface area (Å²) >= 11 is 0. The average Bonchev–Trinajstić information content (AvgIpc) is 2.17. The minimum atomic E-state index is 0.159. The molecular weight excluding hydrogens is 176 g/mol. The lowest BCUT2D eigenvalue weighted by molar-refractivity contribution is 0.334. The number of nitriles is 1. The van der Waals surface area contributed by atoms with E-state index in [4.69, 9.17) is 5.26 Å². The van der Waals surface area contributed by atoms with E-state index in [1.807, 2.05) is 6.92 Å². The third-order valence-electron chi connectivity index (χ3n) is 2.40. The molecule has 1 N–H and O–H groups in total. The van der Waals surface area contributed by atoms with E-state index in [1.165, 1.54) is 5.71 Å². The molecule has 0 aromatic carbocycles. The molecule has 1 saturated heterocycles. The molecule has 0 saturated carbocycles. The van der Waals surface area contributed by atoms with Crippen molar-refractivity contribution in [1.82, 2.24) is 10.3 Å². The summed E-state index contributed by atoms with van der Waals surface area (Å²) < 4.78 is 0. The van der Waals surface area contributed by atoms with Crippen LogP contribution in [0.3, 0.4) is 0 Å². The number of hydrogen-bond donors (Lipinski definition) is 1. The third-order valence-corrected chi connectivity index (χ3v) is 2.40. The lowest BCUT2D eigenvalue weighted by atomic mass is 10.1. The summed E-state index contributed by atoms with van der Waals surface area (Å²) in [6.07, 6.45) is 2.60. The molecule has 0 bridgehead atoms. The quantitative estimate of drug-likeness (QED) is 0.681. The van der Waals surface area contributed by atoms with Crippen molar-refractivity contribution >= 4 is 5.71 Å². The number of likely N-dealkylation sites (tertiary alicyclic amines) is 1. The zero-order valence-electron chi connectivity index (χ0n) is 8.95. The lowest BCUT2D eigenvalue weighted by Gasteiger charge is -2.23. The second-order valence-electron chi connectivity index (χ2n) is 3.87. The Labute approximate surface area is 85.6 Å². The zero-order chi connectivity index (χ0) is 10.4. The molecule has 1 atom stereocenters. The van der Waals surface area contributed by atoms with E-state index in [0.29, 0.717) is 6.42 Å². The van der Waals surface area contributed by atoms with Gasteiger partial charge in [0, 0.05) is 31.6 Å². The smallest absolute Gasteiger partial charge is 0.0643 e. The third kappa shape index (κ3) is 3.75. The predicted molar refractivity (Wildman–Crippen MR) is 57.0 cm³/mol. The highest BCUT2D eigenvalue weighted by molar-refractivity contribution is 5.85. The summed E-state index contributed by atoms with van der Waals surface area (Å²) in [5.74, 6) is 0. The molecule has 4 nitrogen and oxygen atoms in total. The van der Waals surface area contributed by atoms with E-state index in [9.17, 15) is 0 Å². The molecule has 0 radical (unpaired) electrons. The van der Waals surface area contributed by atoms with Crippen molar-refractivity contribution < 1.29 is 0 Å². The molecule has 0 aromatic rings. The Morgan fingerprint density at radius 2 is 2.21 bits per heavy atom. The standard InChI is InChI=1S/C10H18N4/c1-9(3-6-11)12-13-10-4-7-14(2)8-5-10/h9,12H,3-5,7-8H2,1-2H3/t9-/m1/s1. The van der Waals surface area contributed by atoms with Crippen LogP contribution in [0.2, 0.25) is 0 Å². The van der Waals surface area contributed by atoms with E-state index in [-0.39, 0.29) is 6.04 Å². The highest BCUT2D eigenvalue weighted by Crippen LogP contribution is 2.04. The van der Waals surface area contributed by atoms with E-state index in [2.05, 4.69) is 28.5 Å². The van der Waals surface area contributed by atoms with Gasteiger partial charge in [-0.2, -0.15) is 10.4 Å². The molecule has 0 aromatic heterocycles. The Kier molecular flexibility index (Phi) is 4.41. The van der Waals surface area contributed by atoms with Crippen molar-refractivity contribution in [3.63, 3.8) is 0 Å². The van der Waals surface area contributed by atoms with Crippen LogP contribution in [0.5, 0.6) is 0 Å². The first-order valence-electron chi connectivity index (χ1n) is 5.09. The average molecular weight is 194 g/mol. The fraction of sp³-hybridized carbons (Fsp3) is 0.800. The van der Waals surface area contributed by atoms with E-state index < -0.39 is 0 Å². The molecule has 1 aliphatic heterocycles. The van der Waals surface area contributed by atoms with Crippen LogP contribution in [0.4, 0.5) is 0 Å². The van der Waals surface area contributed by atoms with Gasteiger partial charge in [0.2, 0.25) is 0 Å². The number of piperidine rings is 1. The van der Waals surface area contributed by atoms with Gasteiger partial charge in [-0.05, 0) is 14.0 Å². The topological polar surface area (TPSA) is 51.4 Å². The first-order chi connectivity index (χ1) is 6.72. The van der Waals surface area contributed by atoms with Crippen LogP contribution in [-0.2, 0) is 0 Å². The SMILES string of the molecule is C[C@H](CC#N)NN=C1CCN(C)CC1. The summed E-state index contributed by atoms with van der Waals surface area (Å²) in [7, 11) is 2.13. The molecule has 0 spiro atoms. The van der Waals surface area contributed by atoms with Crippen LogP contribution >= 0.6 is 0 Å². The van der Waals surface area contributed by atoms with Crippen molar-refractivity contribution in [3.05, 3.63) is 0 Å². The second-order valence-corrected chi connectivity index (χ2v) is 3.87. The summed E-state index contributed by atoms with van der Waals surface area (Å²) in [6.45, 7) is 4.16. The summed E-state index contributed by atoms with van der Waals surface area (Å²) in [6, 6.07) is 2.28. The van der Waals surface area contributed by atoms with Crippen molar-refractivity contribution in [2.45, 2.75) is 32.2 Å². The number of hydrogen-bond acceptors (Lipinski definition) is 4.